The summed E-state index contributed by atoms with van der Waals surface area (Å²) >= 11 is 0. The van der Waals surface area contributed by atoms with Crippen LogP contribution in [0, 0.1) is 25.2 Å². The number of aromatic nitrogens is 2. The van der Waals surface area contributed by atoms with Crippen LogP contribution >= 0.6 is 0 Å². The molecule has 0 bridgehead atoms. The number of anilines is 1. The van der Waals surface area contributed by atoms with E-state index in [1.807, 2.05) is 32.0 Å². The van der Waals surface area contributed by atoms with Crippen molar-refractivity contribution in [1.82, 2.24) is 10.2 Å². The minimum absolute atomic E-state index is 0.253. The molecule has 18 heavy (non-hydrogen) atoms. The van der Waals surface area contributed by atoms with E-state index in [1.54, 1.807) is 6.07 Å². The molecule has 0 aliphatic heterocycles. The maximum Gasteiger partial charge on any atom is 0.257 e. The first-order valence-corrected chi connectivity index (χ1v) is 5.44. The molecule has 2 aromatic rings. The number of nitrogens with zero attached hydrogens (tertiary/aromatic N) is 2. The summed E-state index contributed by atoms with van der Waals surface area (Å²) in [6.45, 7) is 3.84. The third kappa shape index (κ3) is 2.09. The van der Waals surface area contributed by atoms with Gasteiger partial charge in [0.05, 0.1) is 6.20 Å². The van der Waals surface area contributed by atoms with Crippen molar-refractivity contribution in [2.45, 2.75) is 13.8 Å². The van der Waals surface area contributed by atoms with Crippen molar-refractivity contribution in [3.8, 4) is 6.07 Å². The summed E-state index contributed by atoms with van der Waals surface area (Å²) in [5, 5.41) is 17.8. The molecule has 0 atom stereocenters. The smallest absolute Gasteiger partial charge is 0.257 e. The van der Waals surface area contributed by atoms with Crippen LogP contribution in [-0.4, -0.2) is 16.1 Å². The Hall–Kier alpha value is -2.61. The molecule has 1 heterocycles. The van der Waals surface area contributed by atoms with Crippen LogP contribution in [0.2, 0.25) is 0 Å². The molecule has 0 aliphatic rings. The highest BCUT2D eigenvalue weighted by atomic mass is 16.1. The molecule has 2 N–H and O–H groups in total. The highest BCUT2D eigenvalue weighted by Crippen LogP contribution is 2.16. The van der Waals surface area contributed by atoms with Gasteiger partial charge in [0.1, 0.15) is 17.5 Å². The fourth-order valence-corrected chi connectivity index (χ4v) is 1.64. The summed E-state index contributed by atoms with van der Waals surface area (Å²) < 4.78 is 0. The Morgan fingerprint density at radius 2 is 2.22 bits per heavy atom. The molecule has 90 valence electrons. The molecule has 1 amide bonds. The van der Waals surface area contributed by atoms with E-state index in [4.69, 9.17) is 5.26 Å². The van der Waals surface area contributed by atoms with Crippen LogP contribution in [0.15, 0.2) is 24.4 Å². The number of H-pyrrole nitrogens is 1. The zero-order valence-corrected chi connectivity index (χ0v) is 10.1. The van der Waals surface area contributed by atoms with Gasteiger partial charge in [-0.05, 0) is 31.0 Å². The largest absolute Gasteiger partial charge is 0.306 e. The Kier molecular flexibility index (Phi) is 3.11. The lowest BCUT2D eigenvalue weighted by molar-refractivity contribution is 0.102. The summed E-state index contributed by atoms with van der Waals surface area (Å²) in [5.41, 5.74) is 2.88. The molecule has 0 spiro atoms. The molecule has 5 heteroatoms. The van der Waals surface area contributed by atoms with Gasteiger partial charge in [-0.1, -0.05) is 12.1 Å². The Morgan fingerprint density at radius 1 is 1.44 bits per heavy atom. The molecule has 1 aromatic carbocycles. The molecule has 0 radical (unpaired) electrons. The Labute approximate surface area is 104 Å². The summed E-state index contributed by atoms with van der Waals surface area (Å²) in [5.74, 6) is 0.0698. The number of nitrogens with one attached hydrogen (secondary N) is 2. The molecular weight excluding hydrogens is 228 g/mol. The number of amides is 1. The van der Waals surface area contributed by atoms with Crippen LogP contribution in [0.25, 0.3) is 0 Å². The Bertz CT molecular complexity index is 637. The zero-order chi connectivity index (χ0) is 13.1. The van der Waals surface area contributed by atoms with E-state index in [2.05, 4.69) is 15.5 Å². The van der Waals surface area contributed by atoms with Gasteiger partial charge in [0.2, 0.25) is 0 Å². The molecule has 0 aliphatic carbocycles. The lowest BCUT2D eigenvalue weighted by Gasteiger charge is -2.08. The van der Waals surface area contributed by atoms with Gasteiger partial charge >= 0.3 is 0 Å². The number of nitriles is 1. The number of benzene rings is 1. The molecular formula is C13H12N4O. The van der Waals surface area contributed by atoms with E-state index in [1.165, 1.54) is 6.20 Å². The number of hydrogen-bond acceptors (Lipinski definition) is 3. The van der Waals surface area contributed by atoms with Crippen LogP contribution in [0.1, 0.15) is 27.0 Å². The minimum Gasteiger partial charge on any atom is -0.306 e. The Balaban J connectivity index is 2.29. The van der Waals surface area contributed by atoms with Crippen molar-refractivity contribution in [3.63, 3.8) is 0 Å². The van der Waals surface area contributed by atoms with Crippen LogP contribution < -0.4 is 5.32 Å². The van der Waals surface area contributed by atoms with Crippen LogP contribution in [0.4, 0.5) is 5.82 Å². The Morgan fingerprint density at radius 3 is 2.94 bits per heavy atom. The summed E-state index contributed by atoms with van der Waals surface area (Å²) in [7, 11) is 0. The van der Waals surface area contributed by atoms with Crippen molar-refractivity contribution in [1.29, 1.82) is 5.26 Å². The van der Waals surface area contributed by atoms with Gasteiger partial charge in [-0.3, -0.25) is 9.89 Å². The highest BCUT2D eigenvalue weighted by molar-refractivity contribution is 6.05. The van der Waals surface area contributed by atoms with Crippen molar-refractivity contribution in [2.75, 3.05) is 5.32 Å². The van der Waals surface area contributed by atoms with E-state index >= 15 is 0 Å². The van der Waals surface area contributed by atoms with E-state index in [0.29, 0.717) is 16.9 Å². The molecule has 5 nitrogen and oxygen atoms in total. The van der Waals surface area contributed by atoms with Gasteiger partial charge in [-0.25, -0.2) is 0 Å². The minimum atomic E-state index is -0.253. The average Bonchev–Trinajstić information content (AvgIpc) is 2.79. The quantitative estimate of drug-likeness (QED) is 0.843. The molecule has 2 rings (SSSR count). The lowest BCUT2D eigenvalue weighted by Crippen LogP contribution is -2.14. The topological polar surface area (TPSA) is 81.6 Å². The van der Waals surface area contributed by atoms with Crippen molar-refractivity contribution < 1.29 is 4.79 Å². The maximum absolute atomic E-state index is 12.1. The summed E-state index contributed by atoms with van der Waals surface area (Å²) in [6.07, 6.45) is 1.37. The molecule has 0 unspecified atom stereocenters. The van der Waals surface area contributed by atoms with Gasteiger partial charge in [-0.15, -0.1) is 0 Å². The van der Waals surface area contributed by atoms with Crippen LogP contribution in [-0.2, 0) is 0 Å². The number of aromatic amines is 1. The zero-order valence-electron chi connectivity index (χ0n) is 10.1. The maximum atomic E-state index is 12.1. The van der Waals surface area contributed by atoms with Crippen molar-refractivity contribution >= 4 is 11.7 Å². The van der Waals surface area contributed by atoms with E-state index < -0.39 is 0 Å². The predicted molar refractivity (Wildman–Crippen MR) is 67.2 cm³/mol. The first-order valence-electron chi connectivity index (χ1n) is 5.44. The van der Waals surface area contributed by atoms with Gasteiger partial charge in [-0.2, -0.15) is 10.4 Å². The molecule has 0 saturated heterocycles. The normalized spacial score (nSPS) is 9.83. The SMILES string of the molecule is Cc1cccc(C(=O)Nc2[nH]ncc2C#N)c1C. The lowest BCUT2D eigenvalue weighted by atomic mass is 10.0. The third-order valence-electron chi connectivity index (χ3n) is 2.85. The second kappa shape index (κ2) is 4.72. The highest BCUT2D eigenvalue weighted by Gasteiger charge is 2.13. The van der Waals surface area contributed by atoms with Crippen LogP contribution in [0.3, 0.4) is 0 Å². The fraction of sp³-hybridized carbons (Fsp3) is 0.154. The standard InChI is InChI=1S/C13H12N4O/c1-8-4-3-5-11(9(8)2)13(18)16-12-10(6-14)7-15-17-12/h3-5,7H,1-2H3,(H2,15,16,17,18). The number of carbonyl (C=O) groups excluding carboxylic acids is 1. The first kappa shape index (κ1) is 11.9. The monoisotopic (exact) mass is 240 g/mol. The third-order valence-corrected chi connectivity index (χ3v) is 2.85. The van der Waals surface area contributed by atoms with Crippen molar-refractivity contribution in [2.24, 2.45) is 0 Å². The summed E-state index contributed by atoms with van der Waals surface area (Å²) in [4.78, 5) is 12.1. The number of aryl methyl sites for hydroxylation is 1. The number of hydrogen-bond donors (Lipinski definition) is 2. The van der Waals surface area contributed by atoms with Gasteiger partial charge < -0.3 is 5.32 Å². The molecule has 0 fully saturated rings. The number of rotatable bonds is 2. The first-order chi connectivity index (χ1) is 8.63. The second-order valence-corrected chi connectivity index (χ2v) is 3.97. The van der Waals surface area contributed by atoms with Gasteiger partial charge in [0, 0.05) is 5.56 Å². The van der Waals surface area contributed by atoms with Crippen LogP contribution in [0.5, 0.6) is 0 Å². The van der Waals surface area contributed by atoms with E-state index in [0.717, 1.165) is 11.1 Å². The molecule has 1 aromatic heterocycles. The van der Waals surface area contributed by atoms with Gasteiger partial charge in [0.15, 0.2) is 0 Å². The fourth-order valence-electron chi connectivity index (χ4n) is 1.64. The van der Waals surface area contributed by atoms with E-state index in [9.17, 15) is 4.79 Å². The summed E-state index contributed by atoms with van der Waals surface area (Å²) in [6, 6.07) is 7.48. The van der Waals surface area contributed by atoms with Crippen molar-refractivity contribution in [3.05, 3.63) is 46.6 Å². The predicted octanol–water partition coefficient (Wildman–Crippen LogP) is 2.15. The van der Waals surface area contributed by atoms with Gasteiger partial charge in [0.25, 0.3) is 5.91 Å². The molecule has 0 saturated carbocycles. The average molecular weight is 240 g/mol. The second-order valence-electron chi connectivity index (χ2n) is 3.97. The van der Waals surface area contributed by atoms with E-state index in [-0.39, 0.29) is 5.91 Å². The number of carbonyl (C=O) groups is 1.